The fourth-order valence-corrected chi connectivity index (χ4v) is 3.05. The number of aromatic nitrogens is 1. The van der Waals surface area contributed by atoms with Gasteiger partial charge in [-0.15, -0.1) is 11.3 Å². The molecular weight excluding hydrogens is 278 g/mol. The Kier molecular flexibility index (Phi) is 3.46. The Bertz CT molecular complexity index is 754. The van der Waals surface area contributed by atoms with E-state index in [-0.39, 0.29) is 5.56 Å². The van der Waals surface area contributed by atoms with Crippen molar-refractivity contribution in [2.75, 3.05) is 7.05 Å². The van der Waals surface area contributed by atoms with Crippen LogP contribution in [0.3, 0.4) is 0 Å². The van der Waals surface area contributed by atoms with Gasteiger partial charge < -0.3 is 5.32 Å². The van der Waals surface area contributed by atoms with Crippen LogP contribution in [-0.2, 0) is 0 Å². The summed E-state index contributed by atoms with van der Waals surface area (Å²) in [6.07, 6.45) is 1.70. The molecule has 1 atom stereocenters. The Morgan fingerprint density at radius 2 is 2.05 bits per heavy atom. The zero-order chi connectivity index (χ0) is 14.1. The van der Waals surface area contributed by atoms with Gasteiger partial charge in [0.05, 0.1) is 16.3 Å². The standard InChI is InChI=1S/C15H12F2N2S/c1-18-15(11-7-10(16)2-3-12(11)17)9-6-14-13(19-8-9)4-5-20-14/h2-8,15,18H,1H3. The Morgan fingerprint density at radius 1 is 1.20 bits per heavy atom. The molecule has 0 amide bonds. The van der Waals surface area contributed by atoms with Gasteiger partial charge in [-0.2, -0.15) is 0 Å². The lowest BCUT2D eigenvalue weighted by Crippen LogP contribution is -2.19. The number of nitrogens with one attached hydrogen (secondary N) is 1. The monoisotopic (exact) mass is 290 g/mol. The van der Waals surface area contributed by atoms with Crippen molar-refractivity contribution in [3.8, 4) is 0 Å². The number of hydrogen-bond donors (Lipinski definition) is 1. The minimum absolute atomic E-state index is 0.283. The van der Waals surface area contributed by atoms with Crippen molar-refractivity contribution in [3.05, 3.63) is 64.7 Å². The van der Waals surface area contributed by atoms with Gasteiger partial charge in [-0.3, -0.25) is 4.98 Å². The van der Waals surface area contributed by atoms with E-state index in [1.807, 2.05) is 17.5 Å². The van der Waals surface area contributed by atoms with E-state index >= 15 is 0 Å². The average Bonchev–Trinajstić information content (AvgIpc) is 2.91. The summed E-state index contributed by atoms with van der Waals surface area (Å²) < 4.78 is 28.3. The molecule has 2 nitrogen and oxygen atoms in total. The van der Waals surface area contributed by atoms with E-state index in [1.54, 1.807) is 24.6 Å². The lowest BCUT2D eigenvalue weighted by molar-refractivity contribution is 0.558. The Morgan fingerprint density at radius 3 is 2.85 bits per heavy atom. The first-order chi connectivity index (χ1) is 9.69. The van der Waals surface area contributed by atoms with Crippen molar-refractivity contribution in [2.24, 2.45) is 0 Å². The first-order valence-corrected chi connectivity index (χ1v) is 7.02. The highest BCUT2D eigenvalue weighted by Gasteiger charge is 2.18. The maximum Gasteiger partial charge on any atom is 0.128 e. The van der Waals surface area contributed by atoms with Gasteiger partial charge in [-0.05, 0) is 48.3 Å². The van der Waals surface area contributed by atoms with Crippen molar-refractivity contribution in [1.82, 2.24) is 10.3 Å². The van der Waals surface area contributed by atoms with Gasteiger partial charge in [-0.1, -0.05) is 0 Å². The molecule has 0 aliphatic heterocycles. The molecule has 0 bridgehead atoms. The van der Waals surface area contributed by atoms with E-state index in [0.717, 1.165) is 27.9 Å². The van der Waals surface area contributed by atoms with Crippen LogP contribution in [0.2, 0.25) is 0 Å². The molecule has 5 heteroatoms. The van der Waals surface area contributed by atoms with Crippen LogP contribution in [0.1, 0.15) is 17.2 Å². The van der Waals surface area contributed by atoms with Gasteiger partial charge in [0.25, 0.3) is 0 Å². The van der Waals surface area contributed by atoms with Crippen molar-refractivity contribution in [1.29, 1.82) is 0 Å². The molecule has 0 saturated heterocycles. The lowest BCUT2D eigenvalue weighted by Gasteiger charge is -2.17. The molecule has 1 unspecified atom stereocenters. The van der Waals surface area contributed by atoms with Gasteiger partial charge in [0.15, 0.2) is 0 Å². The summed E-state index contributed by atoms with van der Waals surface area (Å²) in [5.41, 5.74) is 2.01. The zero-order valence-electron chi connectivity index (χ0n) is 10.7. The number of nitrogens with zero attached hydrogens (tertiary/aromatic N) is 1. The second kappa shape index (κ2) is 5.26. The summed E-state index contributed by atoms with van der Waals surface area (Å²) in [6.45, 7) is 0. The van der Waals surface area contributed by atoms with E-state index in [4.69, 9.17) is 0 Å². The van der Waals surface area contributed by atoms with Crippen LogP contribution < -0.4 is 5.32 Å². The number of benzene rings is 1. The van der Waals surface area contributed by atoms with Crippen molar-refractivity contribution in [2.45, 2.75) is 6.04 Å². The van der Waals surface area contributed by atoms with Gasteiger partial charge in [0.1, 0.15) is 11.6 Å². The largest absolute Gasteiger partial charge is 0.309 e. The highest BCUT2D eigenvalue weighted by atomic mass is 32.1. The summed E-state index contributed by atoms with van der Waals surface area (Å²) in [6, 6.07) is 6.94. The van der Waals surface area contributed by atoms with Crippen LogP contribution in [-0.4, -0.2) is 12.0 Å². The lowest BCUT2D eigenvalue weighted by atomic mass is 9.99. The fraction of sp³-hybridized carbons (Fsp3) is 0.133. The van der Waals surface area contributed by atoms with Crippen LogP contribution >= 0.6 is 11.3 Å². The van der Waals surface area contributed by atoms with Gasteiger partial charge >= 0.3 is 0 Å². The van der Waals surface area contributed by atoms with Crippen LogP contribution in [0, 0.1) is 11.6 Å². The molecule has 1 N–H and O–H groups in total. The van der Waals surface area contributed by atoms with Gasteiger partial charge in [0, 0.05) is 11.8 Å². The summed E-state index contributed by atoms with van der Waals surface area (Å²) in [4.78, 5) is 4.34. The topological polar surface area (TPSA) is 24.9 Å². The third-order valence-corrected chi connectivity index (χ3v) is 4.07. The maximum atomic E-state index is 13.9. The molecule has 0 aliphatic carbocycles. The van der Waals surface area contributed by atoms with E-state index < -0.39 is 17.7 Å². The Hall–Kier alpha value is -1.85. The minimum Gasteiger partial charge on any atom is -0.309 e. The fourth-order valence-electron chi connectivity index (χ4n) is 2.26. The molecule has 3 rings (SSSR count). The third kappa shape index (κ3) is 2.30. The highest BCUT2D eigenvalue weighted by molar-refractivity contribution is 7.17. The zero-order valence-corrected chi connectivity index (χ0v) is 11.5. The molecule has 0 spiro atoms. The van der Waals surface area contributed by atoms with Crippen molar-refractivity contribution in [3.63, 3.8) is 0 Å². The predicted molar refractivity (Wildman–Crippen MR) is 76.9 cm³/mol. The quantitative estimate of drug-likeness (QED) is 0.791. The molecule has 0 aliphatic rings. The van der Waals surface area contributed by atoms with Gasteiger partial charge in [-0.25, -0.2) is 8.78 Å². The number of hydrogen-bond acceptors (Lipinski definition) is 3. The summed E-state index contributed by atoms with van der Waals surface area (Å²) >= 11 is 1.57. The first-order valence-electron chi connectivity index (χ1n) is 6.14. The summed E-state index contributed by atoms with van der Waals surface area (Å²) in [5, 5.41) is 4.97. The Labute approximate surface area is 119 Å². The summed E-state index contributed by atoms with van der Waals surface area (Å²) in [5.74, 6) is -0.885. The molecule has 1 aromatic carbocycles. The SMILES string of the molecule is CNC(c1cnc2ccsc2c1)c1cc(F)ccc1F. The molecule has 0 radical (unpaired) electrons. The third-order valence-electron chi connectivity index (χ3n) is 3.21. The Balaban J connectivity index is 2.10. The number of fused-ring (bicyclic) bond motifs is 1. The van der Waals surface area contributed by atoms with E-state index in [9.17, 15) is 8.78 Å². The second-order valence-electron chi connectivity index (χ2n) is 4.46. The smallest absolute Gasteiger partial charge is 0.128 e. The maximum absolute atomic E-state index is 13.9. The molecule has 3 aromatic rings. The molecule has 20 heavy (non-hydrogen) atoms. The number of rotatable bonds is 3. The molecule has 102 valence electrons. The molecular formula is C15H12F2N2S. The average molecular weight is 290 g/mol. The molecule has 2 aromatic heterocycles. The minimum atomic E-state index is -0.452. The normalized spacial score (nSPS) is 12.8. The van der Waals surface area contributed by atoms with Gasteiger partial charge in [0.2, 0.25) is 0 Å². The van der Waals surface area contributed by atoms with E-state index in [0.29, 0.717) is 0 Å². The van der Waals surface area contributed by atoms with Crippen molar-refractivity contribution < 1.29 is 8.78 Å². The van der Waals surface area contributed by atoms with Crippen molar-refractivity contribution >= 4 is 21.6 Å². The highest BCUT2D eigenvalue weighted by Crippen LogP contribution is 2.28. The van der Waals surface area contributed by atoms with E-state index in [1.165, 1.54) is 6.07 Å². The second-order valence-corrected chi connectivity index (χ2v) is 5.41. The summed E-state index contributed by atoms with van der Waals surface area (Å²) in [7, 11) is 1.72. The number of pyridine rings is 1. The first kappa shape index (κ1) is 13.1. The van der Waals surface area contributed by atoms with Crippen LogP contribution in [0.25, 0.3) is 10.2 Å². The van der Waals surface area contributed by atoms with E-state index in [2.05, 4.69) is 10.3 Å². The molecule has 0 fully saturated rings. The predicted octanol–water partition coefficient (Wildman–Crippen LogP) is 3.88. The number of halogens is 2. The van der Waals surface area contributed by atoms with Crippen LogP contribution in [0.4, 0.5) is 8.78 Å². The van der Waals surface area contributed by atoms with Crippen LogP contribution in [0.15, 0.2) is 41.9 Å². The molecule has 2 heterocycles. The molecule has 0 saturated carbocycles. The van der Waals surface area contributed by atoms with Crippen LogP contribution in [0.5, 0.6) is 0 Å². The number of thiophene rings is 1.